The average Bonchev–Trinajstić information content (AvgIpc) is 2.55. The van der Waals surface area contributed by atoms with Gasteiger partial charge in [0, 0.05) is 10.9 Å². The van der Waals surface area contributed by atoms with Gasteiger partial charge in [0.25, 0.3) is 0 Å². The van der Waals surface area contributed by atoms with Crippen molar-refractivity contribution in [3.63, 3.8) is 0 Å². The quantitative estimate of drug-likeness (QED) is 0.682. The summed E-state index contributed by atoms with van der Waals surface area (Å²) < 4.78 is 0. The summed E-state index contributed by atoms with van der Waals surface area (Å²) in [5.41, 5.74) is 5.63. The fourth-order valence-corrected chi connectivity index (χ4v) is 1.83. The van der Waals surface area contributed by atoms with E-state index in [-0.39, 0.29) is 0 Å². The first-order chi connectivity index (χ1) is 6.29. The highest BCUT2D eigenvalue weighted by Crippen LogP contribution is 2.07. The van der Waals surface area contributed by atoms with Crippen LogP contribution in [0.15, 0.2) is 17.5 Å². The normalized spacial score (nSPS) is 13.1. The second-order valence-corrected chi connectivity index (χ2v) is 4.38. The molecule has 74 valence electrons. The lowest BCUT2D eigenvalue weighted by atomic mass is 10.2. The van der Waals surface area contributed by atoms with Crippen molar-refractivity contribution >= 4 is 11.3 Å². The van der Waals surface area contributed by atoms with Crippen LogP contribution in [0.1, 0.15) is 18.2 Å². The lowest BCUT2D eigenvalue weighted by Gasteiger charge is -2.05. The van der Waals surface area contributed by atoms with Crippen LogP contribution in [0.25, 0.3) is 0 Å². The van der Waals surface area contributed by atoms with Crippen molar-refractivity contribution in [3.8, 4) is 0 Å². The summed E-state index contributed by atoms with van der Waals surface area (Å²) in [5.74, 6) is 0. The van der Waals surface area contributed by atoms with Crippen molar-refractivity contribution in [3.05, 3.63) is 22.4 Å². The summed E-state index contributed by atoms with van der Waals surface area (Å²) in [6, 6.07) is 4.59. The van der Waals surface area contributed by atoms with Crippen LogP contribution in [-0.2, 0) is 6.42 Å². The van der Waals surface area contributed by atoms with E-state index >= 15 is 0 Å². The Morgan fingerprint density at radius 1 is 1.54 bits per heavy atom. The summed E-state index contributed by atoms with van der Waals surface area (Å²) in [7, 11) is 0. The van der Waals surface area contributed by atoms with E-state index in [9.17, 15) is 0 Å². The van der Waals surface area contributed by atoms with Crippen LogP contribution in [0.2, 0.25) is 0 Å². The minimum absolute atomic E-state index is 0.314. The Hall–Kier alpha value is -0.380. The molecule has 3 heteroatoms. The van der Waals surface area contributed by atoms with Crippen LogP contribution >= 0.6 is 11.3 Å². The minimum atomic E-state index is 0.314. The van der Waals surface area contributed by atoms with Gasteiger partial charge in [-0.3, -0.25) is 0 Å². The molecular weight excluding hydrogens is 180 g/mol. The third-order valence-electron chi connectivity index (χ3n) is 1.90. The van der Waals surface area contributed by atoms with Gasteiger partial charge in [-0.15, -0.1) is 11.3 Å². The maximum absolute atomic E-state index is 5.63. The Morgan fingerprint density at radius 2 is 2.38 bits per heavy atom. The van der Waals surface area contributed by atoms with E-state index in [0.29, 0.717) is 6.04 Å². The topological polar surface area (TPSA) is 38.0 Å². The maximum atomic E-state index is 5.63. The Labute approximate surface area is 84.2 Å². The van der Waals surface area contributed by atoms with Crippen molar-refractivity contribution in [2.45, 2.75) is 25.8 Å². The number of nitrogens with two attached hydrogens (primary N) is 1. The minimum Gasteiger partial charge on any atom is -0.328 e. The summed E-state index contributed by atoms with van der Waals surface area (Å²) in [5, 5.41) is 5.50. The molecule has 1 heterocycles. The van der Waals surface area contributed by atoms with Gasteiger partial charge in [-0.1, -0.05) is 6.07 Å². The zero-order valence-electron chi connectivity index (χ0n) is 8.12. The standard InChI is InChI=1S/C10H18N2S/c1-9(11)4-6-12-7-5-10-3-2-8-13-10/h2-3,8-9,12H,4-7,11H2,1H3. The van der Waals surface area contributed by atoms with E-state index in [4.69, 9.17) is 5.73 Å². The van der Waals surface area contributed by atoms with Gasteiger partial charge in [0.15, 0.2) is 0 Å². The van der Waals surface area contributed by atoms with Gasteiger partial charge in [-0.25, -0.2) is 0 Å². The monoisotopic (exact) mass is 198 g/mol. The molecule has 0 aliphatic heterocycles. The molecule has 0 bridgehead atoms. The predicted octanol–water partition coefficient (Wildman–Crippen LogP) is 1.62. The lowest BCUT2D eigenvalue weighted by molar-refractivity contribution is 0.591. The Kier molecular flexibility index (Phi) is 5.05. The van der Waals surface area contributed by atoms with Gasteiger partial charge in [0.2, 0.25) is 0 Å². The summed E-state index contributed by atoms with van der Waals surface area (Å²) in [4.78, 5) is 1.45. The van der Waals surface area contributed by atoms with Crippen LogP contribution in [-0.4, -0.2) is 19.1 Å². The summed E-state index contributed by atoms with van der Waals surface area (Å²) >= 11 is 1.82. The molecule has 1 aromatic heterocycles. The van der Waals surface area contributed by atoms with Crippen molar-refractivity contribution in [1.29, 1.82) is 0 Å². The van der Waals surface area contributed by atoms with Gasteiger partial charge in [-0.2, -0.15) is 0 Å². The molecule has 0 amide bonds. The highest BCUT2D eigenvalue weighted by molar-refractivity contribution is 7.09. The lowest BCUT2D eigenvalue weighted by Crippen LogP contribution is -2.25. The highest BCUT2D eigenvalue weighted by Gasteiger charge is 1.94. The molecular formula is C10H18N2S. The SMILES string of the molecule is CC(N)CCNCCc1cccs1. The van der Waals surface area contributed by atoms with E-state index < -0.39 is 0 Å². The van der Waals surface area contributed by atoms with Crippen molar-refractivity contribution in [2.24, 2.45) is 5.73 Å². The molecule has 1 atom stereocenters. The molecule has 0 aliphatic carbocycles. The van der Waals surface area contributed by atoms with Crippen molar-refractivity contribution in [1.82, 2.24) is 5.32 Å². The predicted molar refractivity (Wildman–Crippen MR) is 59.2 cm³/mol. The molecule has 2 nitrogen and oxygen atoms in total. The first-order valence-corrected chi connectivity index (χ1v) is 5.65. The number of hydrogen-bond acceptors (Lipinski definition) is 3. The highest BCUT2D eigenvalue weighted by atomic mass is 32.1. The second kappa shape index (κ2) is 6.13. The zero-order valence-corrected chi connectivity index (χ0v) is 8.94. The average molecular weight is 198 g/mol. The summed E-state index contributed by atoms with van der Waals surface area (Å²) in [6.45, 7) is 4.14. The van der Waals surface area contributed by atoms with Crippen LogP contribution in [0.4, 0.5) is 0 Å². The Morgan fingerprint density at radius 3 is 3.00 bits per heavy atom. The maximum Gasteiger partial charge on any atom is 0.00578 e. The van der Waals surface area contributed by atoms with Crippen LogP contribution < -0.4 is 11.1 Å². The number of thiophene rings is 1. The van der Waals surface area contributed by atoms with E-state index in [0.717, 1.165) is 25.9 Å². The first-order valence-electron chi connectivity index (χ1n) is 4.77. The Bertz CT molecular complexity index is 207. The molecule has 1 aromatic rings. The molecule has 0 spiro atoms. The Balaban J connectivity index is 1.96. The zero-order chi connectivity index (χ0) is 9.52. The van der Waals surface area contributed by atoms with Crippen molar-refractivity contribution < 1.29 is 0 Å². The molecule has 0 aromatic carbocycles. The molecule has 3 N–H and O–H groups in total. The van der Waals surface area contributed by atoms with Gasteiger partial charge < -0.3 is 11.1 Å². The largest absolute Gasteiger partial charge is 0.328 e. The van der Waals surface area contributed by atoms with Crippen LogP contribution in [0.3, 0.4) is 0 Å². The molecule has 1 unspecified atom stereocenters. The van der Waals surface area contributed by atoms with Gasteiger partial charge >= 0.3 is 0 Å². The van der Waals surface area contributed by atoms with E-state index in [1.165, 1.54) is 4.88 Å². The molecule has 13 heavy (non-hydrogen) atoms. The number of nitrogens with one attached hydrogen (secondary N) is 1. The van der Waals surface area contributed by atoms with Gasteiger partial charge in [0.1, 0.15) is 0 Å². The van der Waals surface area contributed by atoms with E-state index in [1.807, 2.05) is 18.3 Å². The third kappa shape index (κ3) is 5.03. The number of rotatable bonds is 6. The van der Waals surface area contributed by atoms with Gasteiger partial charge in [0.05, 0.1) is 0 Å². The van der Waals surface area contributed by atoms with E-state index in [2.05, 4.69) is 22.8 Å². The van der Waals surface area contributed by atoms with Crippen molar-refractivity contribution in [2.75, 3.05) is 13.1 Å². The molecule has 1 rings (SSSR count). The third-order valence-corrected chi connectivity index (χ3v) is 2.84. The van der Waals surface area contributed by atoms with E-state index in [1.54, 1.807) is 0 Å². The van der Waals surface area contributed by atoms with Crippen LogP contribution in [0.5, 0.6) is 0 Å². The first kappa shape index (κ1) is 10.7. The fourth-order valence-electron chi connectivity index (χ4n) is 1.12. The van der Waals surface area contributed by atoms with Gasteiger partial charge in [-0.05, 0) is 44.3 Å². The number of hydrogen-bond donors (Lipinski definition) is 2. The fraction of sp³-hybridized carbons (Fsp3) is 0.600. The molecule has 0 saturated heterocycles. The molecule has 0 radical (unpaired) electrons. The second-order valence-electron chi connectivity index (χ2n) is 3.35. The summed E-state index contributed by atoms with van der Waals surface area (Å²) in [6.07, 6.45) is 2.20. The molecule has 0 aliphatic rings. The molecule has 0 fully saturated rings. The molecule has 0 saturated carbocycles. The smallest absolute Gasteiger partial charge is 0.00578 e. The van der Waals surface area contributed by atoms with Crippen LogP contribution in [0, 0.1) is 0 Å².